The van der Waals surface area contributed by atoms with Gasteiger partial charge in [-0.3, -0.25) is 9.59 Å². The normalized spacial score (nSPS) is 12.1. The van der Waals surface area contributed by atoms with Gasteiger partial charge in [-0.2, -0.15) is 0 Å². The number of carbonyl (C=O) groups excluding carboxylic acids is 3. The quantitative estimate of drug-likeness (QED) is 0.324. The molecule has 0 saturated carbocycles. The average molecular weight is 424 g/mol. The van der Waals surface area contributed by atoms with Crippen molar-refractivity contribution in [1.29, 1.82) is 0 Å². The fraction of sp³-hybridized carbons (Fsp3) is 0.208. The number of ether oxygens (including phenoxy) is 2. The molecular formula is C24H24O7. The van der Waals surface area contributed by atoms with Crippen molar-refractivity contribution in [2.75, 3.05) is 14.2 Å². The Kier molecular flexibility index (Phi) is 8.87. The summed E-state index contributed by atoms with van der Waals surface area (Å²) in [6.07, 6.45) is 5.56. The molecule has 0 saturated heterocycles. The van der Waals surface area contributed by atoms with Crippen LogP contribution < -0.4 is 9.47 Å². The molecule has 7 nitrogen and oxygen atoms in total. The van der Waals surface area contributed by atoms with Crippen molar-refractivity contribution < 1.29 is 34.1 Å². The van der Waals surface area contributed by atoms with Crippen molar-refractivity contribution in [1.82, 2.24) is 0 Å². The fourth-order valence-electron chi connectivity index (χ4n) is 2.85. The van der Waals surface area contributed by atoms with E-state index in [0.29, 0.717) is 40.0 Å². The minimum absolute atomic E-state index is 0.215. The van der Waals surface area contributed by atoms with Gasteiger partial charge in [0.1, 0.15) is 12.2 Å². The van der Waals surface area contributed by atoms with Crippen LogP contribution in [-0.2, 0) is 27.6 Å². The van der Waals surface area contributed by atoms with Gasteiger partial charge in [-0.15, -0.1) is 0 Å². The third-order valence-electron chi connectivity index (χ3n) is 4.61. The van der Waals surface area contributed by atoms with Crippen LogP contribution in [0.4, 0.5) is 0 Å². The predicted octanol–water partition coefficient (Wildman–Crippen LogP) is 2.37. The molecule has 0 heterocycles. The Hall–Kier alpha value is -3.55. The molecule has 7 heteroatoms. The molecule has 2 rings (SSSR count). The summed E-state index contributed by atoms with van der Waals surface area (Å²) in [6, 6.07) is 9.94. The number of hydrogen-bond acceptors (Lipinski definition) is 7. The van der Waals surface area contributed by atoms with E-state index >= 15 is 0 Å². The van der Waals surface area contributed by atoms with E-state index in [9.17, 15) is 24.6 Å². The molecule has 2 aromatic rings. The summed E-state index contributed by atoms with van der Waals surface area (Å²) in [5, 5.41) is 18.6. The SMILES string of the molecule is COc1ccc(/C=C/C(=O)C(C=O)C(=O)/C=C/c2ccc(CO)c(CO)c2)cc1OC. The van der Waals surface area contributed by atoms with Crippen molar-refractivity contribution in [2.24, 2.45) is 5.92 Å². The molecule has 1 atom stereocenters. The fourth-order valence-corrected chi connectivity index (χ4v) is 2.85. The highest BCUT2D eigenvalue weighted by atomic mass is 16.5. The molecule has 0 aliphatic heterocycles. The number of aliphatic hydroxyl groups excluding tert-OH is 2. The summed E-state index contributed by atoms with van der Waals surface area (Å²) in [6.45, 7) is -0.477. The molecule has 0 amide bonds. The van der Waals surface area contributed by atoms with Crippen LogP contribution in [0.1, 0.15) is 22.3 Å². The van der Waals surface area contributed by atoms with Crippen LogP contribution in [-0.4, -0.2) is 42.3 Å². The summed E-state index contributed by atoms with van der Waals surface area (Å²) in [5.41, 5.74) is 2.33. The molecule has 2 aromatic carbocycles. The topological polar surface area (TPSA) is 110 Å². The maximum Gasteiger partial charge on any atom is 0.173 e. The zero-order chi connectivity index (χ0) is 22.8. The van der Waals surface area contributed by atoms with Crippen LogP contribution in [0.2, 0.25) is 0 Å². The number of rotatable bonds is 11. The number of ketones is 2. The summed E-state index contributed by atoms with van der Waals surface area (Å²) < 4.78 is 10.4. The monoisotopic (exact) mass is 424 g/mol. The van der Waals surface area contributed by atoms with Crippen LogP contribution in [0, 0.1) is 5.92 Å². The first-order valence-electron chi connectivity index (χ1n) is 9.42. The van der Waals surface area contributed by atoms with Crippen LogP contribution in [0.5, 0.6) is 11.5 Å². The number of benzene rings is 2. The summed E-state index contributed by atoms with van der Waals surface area (Å²) in [5.74, 6) is -1.74. The van der Waals surface area contributed by atoms with Crippen LogP contribution in [0.3, 0.4) is 0 Å². The van der Waals surface area contributed by atoms with Gasteiger partial charge >= 0.3 is 0 Å². The molecular weight excluding hydrogens is 400 g/mol. The van der Waals surface area contributed by atoms with Gasteiger partial charge in [0, 0.05) is 0 Å². The second-order valence-corrected chi connectivity index (χ2v) is 6.54. The first-order chi connectivity index (χ1) is 15.0. The van der Waals surface area contributed by atoms with Crippen LogP contribution >= 0.6 is 0 Å². The zero-order valence-corrected chi connectivity index (χ0v) is 17.3. The first-order valence-corrected chi connectivity index (χ1v) is 9.42. The highest BCUT2D eigenvalue weighted by molar-refractivity contribution is 6.21. The Labute approximate surface area is 180 Å². The molecule has 2 N–H and O–H groups in total. The predicted molar refractivity (Wildman–Crippen MR) is 115 cm³/mol. The van der Waals surface area contributed by atoms with E-state index in [1.807, 2.05) is 0 Å². The first kappa shape index (κ1) is 23.7. The standard InChI is InChI=1S/C24H24O7/c1-30-23-10-6-17(12-24(23)31-2)5-9-22(29)20(15-27)21(28)8-4-16-3-7-18(13-25)19(11-16)14-26/h3-12,15,20,25-26H,13-14H2,1-2H3/b8-4+,9-5+. The molecule has 31 heavy (non-hydrogen) atoms. The highest BCUT2D eigenvalue weighted by Gasteiger charge is 2.21. The summed E-state index contributed by atoms with van der Waals surface area (Å²) in [7, 11) is 3.00. The molecule has 0 aromatic heterocycles. The van der Waals surface area contributed by atoms with Crippen molar-refractivity contribution >= 4 is 30.0 Å². The Balaban J connectivity index is 2.13. The molecule has 0 aliphatic carbocycles. The van der Waals surface area contributed by atoms with E-state index in [0.717, 1.165) is 6.08 Å². The number of aldehydes is 1. The molecule has 0 aliphatic rings. The van der Waals surface area contributed by atoms with Gasteiger partial charge < -0.3 is 24.5 Å². The Morgan fingerprint density at radius 1 is 0.839 bits per heavy atom. The van der Waals surface area contributed by atoms with E-state index < -0.39 is 17.5 Å². The van der Waals surface area contributed by atoms with Gasteiger partial charge in [-0.1, -0.05) is 30.4 Å². The van der Waals surface area contributed by atoms with E-state index in [1.54, 1.807) is 36.4 Å². The van der Waals surface area contributed by atoms with Crippen molar-refractivity contribution in [3.05, 3.63) is 70.8 Å². The molecule has 0 radical (unpaired) electrons. The lowest BCUT2D eigenvalue weighted by atomic mass is 9.98. The van der Waals surface area contributed by atoms with Crippen molar-refractivity contribution in [3.8, 4) is 11.5 Å². The van der Waals surface area contributed by atoms with Gasteiger partial charge in [0.15, 0.2) is 23.1 Å². The zero-order valence-electron chi connectivity index (χ0n) is 17.3. The van der Waals surface area contributed by atoms with Gasteiger partial charge in [0.25, 0.3) is 0 Å². The van der Waals surface area contributed by atoms with Crippen LogP contribution in [0.15, 0.2) is 48.6 Å². The number of aliphatic hydroxyl groups is 2. The maximum atomic E-state index is 12.4. The lowest BCUT2D eigenvalue weighted by molar-refractivity contribution is -0.131. The third kappa shape index (κ3) is 6.21. The minimum atomic E-state index is -1.46. The van der Waals surface area contributed by atoms with Gasteiger partial charge in [0.05, 0.1) is 27.4 Å². The molecule has 0 spiro atoms. The number of hydrogen-bond donors (Lipinski definition) is 2. The van der Waals surface area contributed by atoms with Gasteiger partial charge in [0.2, 0.25) is 0 Å². The molecule has 162 valence electrons. The molecule has 0 fully saturated rings. The minimum Gasteiger partial charge on any atom is -0.493 e. The smallest absolute Gasteiger partial charge is 0.173 e. The average Bonchev–Trinajstić information content (AvgIpc) is 2.81. The third-order valence-corrected chi connectivity index (χ3v) is 4.61. The Bertz CT molecular complexity index is 927. The maximum absolute atomic E-state index is 12.4. The Morgan fingerprint density at radius 3 is 1.90 bits per heavy atom. The van der Waals surface area contributed by atoms with E-state index in [4.69, 9.17) is 9.47 Å². The molecule has 1 unspecified atom stereocenters. The number of allylic oxidation sites excluding steroid dienone is 2. The highest BCUT2D eigenvalue weighted by Crippen LogP contribution is 2.28. The van der Waals surface area contributed by atoms with Crippen molar-refractivity contribution in [3.63, 3.8) is 0 Å². The lowest BCUT2D eigenvalue weighted by Gasteiger charge is -2.07. The van der Waals surface area contributed by atoms with E-state index in [2.05, 4.69) is 0 Å². The van der Waals surface area contributed by atoms with E-state index in [1.165, 1.54) is 32.4 Å². The van der Waals surface area contributed by atoms with Gasteiger partial charge in [-0.25, -0.2) is 0 Å². The van der Waals surface area contributed by atoms with Gasteiger partial charge in [-0.05, 0) is 52.6 Å². The summed E-state index contributed by atoms with van der Waals surface area (Å²) in [4.78, 5) is 36.1. The Morgan fingerprint density at radius 2 is 1.39 bits per heavy atom. The molecule has 0 bridgehead atoms. The second-order valence-electron chi connectivity index (χ2n) is 6.54. The number of carbonyl (C=O) groups is 3. The van der Waals surface area contributed by atoms with Crippen LogP contribution in [0.25, 0.3) is 12.2 Å². The van der Waals surface area contributed by atoms with Crippen molar-refractivity contribution in [2.45, 2.75) is 13.2 Å². The second kappa shape index (κ2) is 11.6. The lowest BCUT2D eigenvalue weighted by Crippen LogP contribution is -2.22. The van der Waals surface area contributed by atoms with E-state index in [-0.39, 0.29) is 13.2 Å². The number of methoxy groups -OCH3 is 2. The largest absolute Gasteiger partial charge is 0.493 e. The summed E-state index contributed by atoms with van der Waals surface area (Å²) >= 11 is 0.